The second-order valence-electron chi connectivity index (χ2n) is 5.41. The number of aliphatic hydroxyl groups is 2. The molecule has 126 valence electrons. The van der Waals surface area contributed by atoms with E-state index in [1.165, 1.54) is 0 Å². The molecule has 2 rings (SSSR count). The number of ketones is 1. The van der Waals surface area contributed by atoms with Gasteiger partial charge in [0.15, 0.2) is 5.78 Å². The molecular formula is C19H20O5. The van der Waals surface area contributed by atoms with Gasteiger partial charge in [-0.05, 0) is 12.0 Å². The molecule has 0 aliphatic heterocycles. The fourth-order valence-corrected chi connectivity index (χ4v) is 2.14. The Morgan fingerprint density at radius 2 is 1.58 bits per heavy atom. The van der Waals surface area contributed by atoms with Crippen molar-refractivity contribution < 1.29 is 24.5 Å². The van der Waals surface area contributed by atoms with Gasteiger partial charge >= 0.3 is 5.97 Å². The first-order chi connectivity index (χ1) is 11.6. The summed E-state index contributed by atoms with van der Waals surface area (Å²) in [5, 5.41) is 17.7. The number of carbonyl (C=O) groups excluding carboxylic acids is 2. The van der Waals surface area contributed by atoms with Gasteiger partial charge in [-0.15, -0.1) is 0 Å². The summed E-state index contributed by atoms with van der Waals surface area (Å²) in [4.78, 5) is 23.8. The van der Waals surface area contributed by atoms with Crippen LogP contribution in [0.4, 0.5) is 0 Å². The zero-order chi connectivity index (χ0) is 17.4. The van der Waals surface area contributed by atoms with Gasteiger partial charge in [0.25, 0.3) is 0 Å². The maximum atomic E-state index is 12.3. The minimum atomic E-state index is -1.04. The Labute approximate surface area is 140 Å². The highest BCUT2D eigenvalue weighted by atomic mass is 16.5. The lowest BCUT2D eigenvalue weighted by Crippen LogP contribution is -2.22. The van der Waals surface area contributed by atoms with Gasteiger partial charge in [-0.2, -0.15) is 0 Å². The van der Waals surface area contributed by atoms with Gasteiger partial charge in [-0.1, -0.05) is 54.6 Å². The Morgan fingerprint density at radius 3 is 2.21 bits per heavy atom. The lowest BCUT2D eigenvalue weighted by molar-refractivity contribution is -0.147. The van der Waals surface area contributed by atoms with E-state index in [1.54, 1.807) is 24.3 Å². The Hall–Kier alpha value is -2.50. The van der Waals surface area contributed by atoms with Gasteiger partial charge in [-0.3, -0.25) is 9.59 Å². The molecule has 2 aromatic carbocycles. The van der Waals surface area contributed by atoms with Gasteiger partial charge in [0.05, 0.1) is 6.61 Å². The smallest absolute Gasteiger partial charge is 0.306 e. The van der Waals surface area contributed by atoms with Crippen LogP contribution in [-0.4, -0.2) is 41.3 Å². The summed E-state index contributed by atoms with van der Waals surface area (Å²) in [7, 11) is 0. The van der Waals surface area contributed by atoms with E-state index in [-0.39, 0.29) is 18.8 Å². The molecule has 0 radical (unpaired) electrons. The van der Waals surface area contributed by atoms with E-state index in [4.69, 9.17) is 14.9 Å². The third kappa shape index (κ3) is 5.30. The SMILES string of the molecule is O=C(CCc1ccc(C(=O)c2ccccc2)cc1)OCC(O)CO. The summed E-state index contributed by atoms with van der Waals surface area (Å²) < 4.78 is 4.83. The molecule has 0 aliphatic carbocycles. The van der Waals surface area contributed by atoms with Gasteiger partial charge in [-0.25, -0.2) is 0 Å². The average Bonchev–Trinajstić information content (AvgIpc) is 2.64. The van der Waals surface area contributed by atoms with E-state index in [9.17, 15) is 9.59 Å². The van der Waals surface area contributed by atoms with Crippen LogP contribution in [0.5, 0.6) is 0 Å². The van der Waals surface area contributed by atoms with Crippen LogP contribution in [0.3, 0.4) is 0 Å². The van der Waals surface area contributed by atoms with Crippen molar-refractivity contribution in [2.24, 2.45) is 0 Å². The van der Waals surface area contributed by atoms with Crippen molar-refractivity contribution in [1.29, 1.82) is 0 Å². The van der Waals surface area contributed by atoms with Crippen molar-refractivity contribution in [3.8, 4) is 0 Å². The van der Waals surface area contributed by atoms with Crippen molar-refractivity contribution in [2.75, 3.05) is 13.2 Å². The molecule has 24 heavy (non-hydrogen) atoms. The van der Waals surface area contributed by atoms with Crippen LogP contribution >= 0.6 is 0 Å². The number of aryl methyl sites for hydroxylation is 1. The molecule has 0 bridgehead atoms. The molecule has 0 aromatic heterocycles. The van der Waals surface area contributed by atoms with Crippen LogP contribution < -0.4 is 0 Å². The number of aliphatic hydroxyl groups excluding tert-OH is 2. The second-order valence-corrected chi connectivity index (χ2v) is 5.41. The molecule has 5 nitrogen and oxygen atoms in total. The van der Waals surface area contributed by atoms with Crippen LogP contribution in [0.2, 0.25) is 0 Å². The van der Waals surface area contributed by atoms with Crippen LogP contribution in [0.1, 0.15) is 27.9 Å². The summed E-state index contributed by atoms with van der Waals surface area (Å²) in [6, 6.07) is 16.1. The van der Waals surface area contributed by atoms with Crippen LogP contribution in [0.15, 0.2) is 54.6 Å². The van der Waals surface area contributed by atoms with E-state index in [0.29, 0.717) is 17.5 Å². The molecular weight excluding hydrogens is 308 g/mol. The fraction of sp³-hybridized carbons (Fsp3) is 0.263. The first kappa shape index (κ1) is 17.8. The van der Waals surface area contributed by atoms with Crippen molar-refractivity contribution in [3.63, 3.8) is 0 Å². The largest absolute Gasteiger partial charge is 0.463 e. The molecule has 5 heteroatoms. The highest BCUT2D eigenvalue weighted by molar-refractivity contribution is 6.08. The van der Waals surface area contributed by atoms with E-state index < -0.39 is 18.7 Å². The van der Waals surface area contributed by atoms with Crippen molar-refractivity contribution >= 4 is 11.8 Å². The topological polar surface area (TPSA) is 83.8 Å². The summed E-state index contributed by atoms with van der Waals surface area (Å²) in [6.07, 6.45) is -0.393. The highest BCUT2D eigenvalue weighted by Crippen LogP contribution is 2.12. The Kier molecular flexibility index (Phi) is 6.66. The monoisotopic (exact) mass is 328 g/mol. The van der Waals surface area contributed by atoms with E-state index in [2.05, 4.69) is 0 Å². The zero-order valence-electron chi connectivity index (χ0n) is 13.2. The predicted molar refractivity (Wildman–Crippen MR) is 88.7 cm³/mol. The number of hydrogen-bond acceptors (Lipinski definition) is 5. The van der Waals surface area contributed by atoms with Gasteiger partial charge < -0.3 is 14.9 Å². The fourth-order valence-electron chi connectivity index (χ4n) is 2.14. The summed E-state index contributed by atoms with van der Waals surface area (Å²) in [6.45, 7) is -0.649. The molecule has 2 N–H and O–H groups in total. The van der Waals surface area contributed by atoms with Crippen molar-refractivity contribution in [1.82, 2.24) is 0 Å². The number of benzene rings is 2. The number of esters is 1. The summed E-state index contributed by atoms with van der Waals surface area (Å²) in [5.41, 5.74) is 2.15. The van der Waals surface area contributed by atoms with Crippen LogP contribution in [-0.2, 0) is 16.0 Å². The number of hydrogen-bond donors (Lipinski definition) is 2. The van der Waals surface area contributed by atoms with E-state index >= 15 is 0 Å². The molecule has 0 spiro atoms. The normalized spacial score (nSPS) is 11.8. The number of ether oxygens (including phenoxy) is 1. The van der Waals surface area contributed by atoms with Gasteiger partial charge in [0.2, 0.25) is 0 Å². The lowest BCUT2D eigenvalue weighted by atomic mass is 10.0. The van der Waals surface area contributed by atoms with Gasteiger partial charge in [0.1, 0.15) is 12.7 Å². The molecule has 1 atom stereocenters. The Balaban J connectivity index is 1.86. The zero-order valence-corrected chi connectivity index (χ0v) is 13.2. The quantitative estimate of drug-likeness (QED) is 0.570. The molecule has 0 saturated heterocycles. The third-order valence-electron chi connectivity index (χ3n) is 3.52. The van der Waals surface area contributed by atoms with E-state index in [0.717, 1.165) is 5.56 Å². The molecule has 0 aliphatic rings. The lowest BCUT2D eigenvalue weighted by Gasteiger charge is -2.08. The molecule has 0 amide bonds. The molecule has 1 unspecified atom stereocenters. The molecule has 0 saturated carbocycles. The minimum absolute atomic E-state index is 0.0421. The molecule has 2 aromatic rings. The molecule has 0 fully saturated rings. The Bertz CT molecular complexity index is 664. The number of rotatable bonds is 8. The first-order valence-corrected chi connectivity index (χ1v) is 7.73. The highest BCUT2D eigenvalue weighted by Gasteiger charge is 2.10. The minimum Gasteiger partial charge on any atom is -0.463 e. The van der Waals surface area contributed by atoms with Gasteiger partial charge in [0, 0.05) is 17.5 Å². The summed E-state index contributed by atoms with van der Waals surface area (Å²) in [5.74, 6) is -0.480. The number of carbonyl (C=O) groups is 2. The first-order valence-electron chi connectivity index (χ1n) is 7.73. The summed E-state index contributed by atoms with van der Waals surface area (Å²) >= 11 is 0. The Morgan fingerprint density at radius 1 is 0.958 bits per heavy atom. The average molecular weight is 328 g/mol. The van der Waals surface area contributed by atoms with E-state index in [1.807, 2.05) is 30.3 Å². The van der Waals surface area contributed by atoms with Crippen LogP contribution in [0, 0.1) is 0 Å². The molecule has 0 heterocycles. The standard InChI is InChI=1S/C19H20O5/c20-12-17(21)13-24-18(22)11-8-14-6-9-16(10-7-14)19(23)15-4-2-1-3-5-15/h1-7,9-10,17,20-21H,8,11-13H2. The predicted octanol–water partition coefficient (Wildman–Crippen LogP) is 1.75. The maximum absolute atomic E-state index is 12.3. The van der Waals surface area contributed by atoms with Crippen molar-refractivity contribution in [3.05, 3.63) is 71.3 Å². The second kappa shape index (κ2) is 8.96. The third-order valence-corrected chi connectivity index (χ3v) is 3.52. The van der Waals surface area contributed by atoms with Crippen molar-refractivity contribution in [2.45, 2.75) is 18.9 Å². The van der Waals surface area contributed by atoms with Crippen LogP contribution in [0.25, 0.3) is 0 Å². The maximum Gasteiger partial charge on any atom is 0.306 e.